The third-order valence-electron chi connectivity index (χ3n) is 7.26. The van der Waals surface area contributed by atoms with Gasteiger partial charge >= 0.3 is 0 Å². The number of anilines is 1. The largest absolute Gasteiger partial charge is 0.392 e. The number of aromatic nitrogens is 1. The highest BCUT2D eigenvalue weighted by molar-refractivity contribution is 8.01. The van der Waals surface area contributed by atoms with Gasteiger partial charge in [0.2, 0.25) is 0 Å². The first-order valence-corrected chi connectivity index (χ1v) is 16.8. The lowest BCUT2D eigenvalue weighted by Gasteiger charge is -2.41. The van der Waals surface area contributed by atoms with Crippen molar-refractivity contribution in [2.75, 3.05) is 10.5 Å². The summed E-state index contributed by atoms with van der Waals surface area (Å²) in [7, 11) is -3.70. The third kappa shape index (κ3) is 6.39. The lowest BCUT2D eigenvalue weighted by atomic mass is 9.91. The van der Waals surface area contributed by atoms with Crippen LogP contribution in [-0.2, 0) is 26.1 Å². The zero-order valence-electron chi connectivity index (χ0n) is 22.8. The van der Waals surface area contributed by atoms with Crippen LogP contribution in [0.15, 0.2) is 112 Å². The second-order valence-corrected chi connectivity index (χ2v) is 14.1. The fourth-order valence-corrected chi connectivity index (χ4v) is 8.24. The molecule has 4 unspecified atom stereocenters. The normalized spacial score (nSPS) is 20.9. The summed E-state index contributed by atoms with van der Waals surface area (Å²) in [6, 6.07) is 31.3. The Kier molecular flexibility index (Phi) is 8.62. The molecule has 7 nitrogen and oxygen atoms in total. The summed E-state index contributed by atoms with van der Waals surface area (Å²) < 4.78 is 43.4. The molecule has 1 fully saturated rings. The molecular formula is C32H30N2O5S3. The lowest BCUT2D eigenvalue weighted by molar-refractivity contribution is -0.268. The standard InChI is InChI=1S/C32H30N2O5S3/c1-21-28(20-40-32-33-27-9-5-6-10-29(27)41-32)38-31(39-30(21)23-13-11-22(19-35)12-14-23)24-15-17-25(18-16-24)34-42(36,37)26-7-3-2-4-8-26/h2-18,21,28,30-31,34-35H,19-20H2,1H3. The van der Waals surface area contributed by atoms with E-state index in [2.05, 4.69) is 17.7 Å². The fourth-order valence-electron chi connectivity index (χ4n) is 4.90. The Morgan fingerprint density at radius 3 is 2.29 bits per heavy atom. The van der Waals surface area contributed by atoms with E-state index in [1.54, 1.807) is 65.6 Å². The van der Waals surface area contributed by atoms with Gasteiger partial charge in [0.25, 0.3) is 10.0 Å². The van der Waals surface area contributed by atoms with Crippen molar-refractivity contribution in [2.45, 2.75) is 41.3 Å². The number of benzene rings is 4. The number of para-hydroxylation sites is 1. The Balaban J connectivity index is 1.22. The van der Waals surface area contributed by atoms with E-state index in [0.717, 1.165) is 31.2 Å². The van der Waals surface area contributed by atoms with Crippen LogP contribution in [-0.4, -0.2) is 30.4 Å². The average Bonchev–Trinajstić information content (AvgIpc) is 3.44. The van der Waals surface area contributed by atoms with Gasteiger partial charge in [-0.15, -0.1) is 11.3 Å². The Hall–Kier alpha value is -3.25. The van der Waals surface area contributed by atoms with Crippen molar-refractivity contribution in [1.82, 2.24) is 4.98 Å². The average molecular weight is 619 g/mol. The molecule has 42 heavy (non-hydrogen) atoms. The first-order valence-electron chi connectivity index (χ1n) is 13.6. The van der Waals surface area contributed by atoms with E-state index in [1.807, 2.05) is 54.6 Å². The highest BCUT2D eigenvalue weighted by Gasteiger charge is 2.38. The number of rotatable bonds is 9. The third-order valence-corrected chi connectivity index (χ3v) is 10.9. The van der Waals surface area contributed by atoms with Crippen molar-refractivity contribution in [3.8, 4) is 0 Å². The maximum atomic E-state index is 12.8. The van der Waals surface area contributed by atoms with E-state index in [-0.39, 0.29) is 29.6 Å². The molecule has 1 aliphatic heterocycles. The van der Waals surface area contributed by atoms with Gasteiger partial charge in [-0.25, -0.2) is 13.4 Å². The van der Waals surface area contributed by atoms with Crippen LogP contribution in [0.25, 0.3) is 10.2 Å². The Labute approximate surface area is 253 Å². The SMILES string of the molecule is CC1C(CSc2nc3ccccc3s2)OC(c2ccc(NS(=O)(=O)c3ccccc3)cc2)OC1c1ccc(CO)cc1. The number of hydrogen-bond acceptors (Lipinski definition) is 8. The van der Waals surface area contributed by atoms with E-state index < -0.39 is 16.3 Å². The molecule has 1 aromatic heterocycles. The predicted octanol–water partition coefficient (Wildman–Crippen LogP) is 7.17. The van der Waals surface area contributed by atoms with Gasteiger partial charge in [0.1, 0.15) is 0 Å². The molecule has 2 heterocycles. The molecule has 216 valence electrons. The van der Waals surface area contributed by atoms with Crippen molar-refractivity contribution in [1.29, 1.82) is 0 Å². The first-order chi connectivity index (χ1) is 20.4. The Morgan fingerprint density at radius 1 is 0.881 bits per heavy atom. The van der Waals surface area contributed by atoms with Gasteiger partial charge < -0.3 is 14.6 Å². The van der Waals surface area contributed by atoms with Crippen LogP contribution in [0.1, 0.15) is 36.0 Å². The number of nitrogens with zero attached hydrogens (tertiary/aromatic N) is 1. The van der Waals surface area contributed by atoms with E-state index in [9.17, 15) is 13.5 Å². The summed E-state index contributed by atoms with van der Waals surface area (Å²) in [6.45, 7) is 2.11. The molecule has 10 heteroatoms. The molecule has 0 radical (unpaired) electrons. The van der Waals surface area contributed by atoms with Crippen molar-refractivity contribution in [3.05, 3.63) is 120 Å². The van der Waals surface area contributed by atoms with Crippen LogP contribution < -0.4 is 4.72 Å². The van der Waals surface area contributed by atoms with Gasteiger partial charge in [-0.3, -0.25) is 4.72 Å². The highest BCUT2D eigenvalue weighted by atomic mass is 32.2. The topological polar surface area (TPSA) is 97.8 Å². The molecule has 0 spiro atoms. The number of nitrogens with one attached hydrogen (secondary N) is 1. The molecule has 5 aromatic rings. The zero-order chi connectivity index (χ0) is 29.1. The van der Waals surface area contributed by atoms with E-state index >= 15 is 0 Å². The zero-order valence-corrected chi connectivity index (χ0v) is 25.2. The summed E-state index contributed by atoms with van der Waals surface area (Å²) in [4.78, 5) is 4.97. The second-order valence-electron chi connectivity index (χ2n) is 10.1. The molecule has 0 saturated carbocycles. The molecule has 1 aliphatic rings. The van der Waals surface area contributed by atoms with Crippen LogP contribution >= 0.6 is 23.1 Å². The van der Waals surface area contributed by atoms with Gasteiger partial charge in [-0.05, 0) is 47.5 Å². The van der Waals surface area contributed by atoms with Crippen molar-refractivity contribution < 1.29 is 23.0 Å². The summed E-state index contributed by atoms with van der Waals surface area (Å²) in [6.07, 6.45) is -1.03. The van der Waals surface area contributed by atoms with Crippen molar-refractivity contribution in [3.63, 3.8) is 0 Å². The van der Waals surface area contributed by atoms with Crippen LogP contribution in [0, 0.1) is 5.92 Å². The first kappa shape index (κ1) is 28.9. The minimum Gasteiger partial charge on any atom is -0.392 e. The minimum atomic E-state index is -3.70. The number of thioether (sulfide) groups is 1. The second kappa shape index (κ2) is 12.5. The fraction of sp³-hybridized carbons (Fsp3) is 0.219. The monoisotopic (exact) mass is 618 g/mol. The van der Waals surface area contributed by atoms with Gasteiger partial charge in [-0.2, -0.15) is 0 Å². The molecule has 1 saturated heterocycles. The molecule has 4 atom stereocenters. The number of aliphatic hydroxyl groups is 1. The minimum absolute atomic E-state index is 0.0189. The van der Waals surface area contributed by atoms with Gasteiger partial charge in [0.05, 0.1) is 33.9 Å². The number of sulfonamides is 1. The maximum Gasteiger partial charge on any atom is 0.261 e. The molecule has 6 rings (SSSR count). The van der Waals surface area contributed by atoms with Gasteiger partial charge in [-0.1, -0.05) is 85.4 Å². The van der Waals surface area contributed by atoms with Crippen LogP contribution in [0.5, 0.6) is 0 Å². The summed E-state index contributed by atoms with van der Waals surface area (Å²) in [5, 5.41) is 9.51. The van der Waals surface area contributed by atoms with Crippen LogP contribution in [0.3, 0.4) is 0 Å². The van der Waals surface area contributed by atoms with E-state index in [1.165, 1.54) is 0 Å². The number of fused-ring (bicyclic) bond motifs is 1. The Morgan fingerprint density at radius 2 is 1.57 bits per heavy atom. The highest BCUT2D eigenvalue weighted by Crippen LogP contribution is 2.43. The smallest absolute Gasteiger partial charge is 0.261 e. The van der Waals surface area contributed by atoms with Crippen LogP contribution in [0.4, 0.5) is 5.69 Å². The molecule has 2 N–H and O–H groups in total. The maximum absolute atomic E-state index is 12.8. The van der Waals surface area contributed by atoms with E-state index in [4.69, 9.17) is 14.5 Å². The molecule has 4 aromatic carbocycles. The quantitative estimate of drug-likeness (QED) is 0.169. The Bertz CT molecular complexity index is 1710. The molecule has 0 amide bonds. The van der Waals surface area contributed by atoms with Crippen molar-refractivity contribution >= 4 is 49.0 Å². The van der Waals surface area contributed by atoms with Crippen LogP contribution in [0.2, 0.25) is 0 Å². The number of thiazole rings is 1. The number of hydrogen-bond donors (Lipinski definition) is 2. The lowest BCUT2D eigenvalue weighted by Crippen LogP contribution is -2.38. The predicted molar refractivity (Wildman–Crippen MR) is 167 cm³/mol. The van der Waals surface area contributed by atoms with Gasteiger partial charge in [0, 0.05) is 22.9 Å². The molecule has 0 bridgehead atoms. The number of aliphatic hydroxyl groups excluding tert-OH is 1. The van der Waals surface area contributed by atoms with E-state index in [0.29, 0.717) is 11.4 Å². The number of ether oxygens (including phenoxy) is 2. The summed E-state index contributed by atoms with van der Waals surface area (Å²) >= 11 is 3.36. The molecular weight excluding hydrogens is 589 g/mol. The van der Waals surface area contributed by atoms with Gasteiger partial charge in [0.15, 0.2) is 10.6 Å². The summed E-state index contributed by atoms with van der Waals surface area (Å²) in [5.74, 6) is 0.737. The summed E-state index contributed by atoms with van der Waals surface area (Å²) in [5.41, 5.74) is 4.08. The van der Waals surface area contributed by atoms with Crippen molar-refractivity contribution in [2.24, 2.45) is 5.92 Å². The molecule has 0 aliphatic carbocycles.